The maximum absolute atomic E-state index is 4.09. The Morgan fingerprint density at radius 1 is 1.47 bits per heavy atom. The maximum Gasteiger partial charge on any atom is 0.0946 e. The number of hydrogen-bond acceptors (Lipinski definition) is 3. The van der Waals surface area contributed by atoms with Crippen LogP contribution in [0.3, 0.4) is 0 Å². The quantitative estimate of drug-likeness (QED) is 0.809. The summed E-state index contributed by atoms with van der Waals surface area (Å²) in [5, 5.41) is 3.51. The minimum Gasteiger partial charge on any atom is -0.336 e. The van der Waals surface area contributed by atoms with Crippen LogP contribution in [0.2, 0.25) is 0 Å². The lowest BCUT2D eigenvalue weighted by Crippen LogP contribution is -2.47. The van der Waals surface area contributed by atoms with Gasteiger partial charge in [-0.05, 0) is 32.4 Å². The second-order valence-corrected chi connectivity index (χ2v) is 4.84. The summed E-state index contributed by atoms with van der Waals surface area (Å²) in [6, 6.07) is 0.729. The molecule has 1 saturated heterocycles. The Bertz CT molecular complexity index is 290. The highest BCUT2D eigenvalue weighted by Crippen LogP contribution is 2.11. The predicted octanol–water partition coefficient (Wildman–Crippen LogP) is 1.35. The number of nitrogens with one attached hydrogen (secondary N) is 1. The molecule has 0 aromatic carbocycles. The fourth-order valence-corrected chi connectivity index (χ4v) is 2.57. The predicted molar refractivity (Wildman–Crippen MR) is 70.0 cm³/mol. The van der Waals surface area contributed by atoms with E-state index in [4.69, 9.17) is 0 Å². The first-order chi connectivity index (χ1) is 8.40. The first kappa shape index (κ1) is 12.6. The average molecular weight is 236 g/mol. The molecule has 1 fully saturated rings. The molecule has 0 amide bonds. The molecule has 1 aliphatic rings. The molecule has 0 saturated carbocycles. The van der Waals surface area contributed by atoms with Crippen LogP contribution >= 0.6 is 0 Å². The van der Waals surface area contributed by atoms with Gasteiger partial charge in [0.1, 0.15) is 0 Å². The van der Waals surface area contributed by atoms with E-state index in [2.05, 4.69) is 26.7 Å². The zero-order chi connectivity index (χ0) is 11.9. The Morgan fingerprint density at radius 3 is 3.06 bits per heavy atom. The van der Waals surface area contributed by atoms with Crippen molar-refractivity contribution in [1.82, 2.24) is 19.8 Å². The molecule has 1 aliphatic heterocycles. The van der Waals surface area contributed by atoms with Crippen molar-refractivity contribution in [1.29, 1.82) is 0 Å². The van der Waals surface area contributed by atoms with Crippen molar-refractivity contribution in [2.45, 2.75) is 38.8 Å². The van der Waals surface area contributed by atoms with Gasteiger partial charge in [0.25, 0.3) is 0 Å². The van der Waals surface area contributed by atoms with Crippen LogP contribution < -0.4 is 5.32 Å². The average Bonchev–Trinajstić information content (AvgIpc) is 2.88. The second kappa shape index (κ2) is 6.77. The normalized spacial score (nSPS) is 20.9. The summed E-state index contributed by atoms with van der Waals surface area (Å²) in [6.07, 6.45) is 9.70. The number of imidazole rings is 1. The fourth-order valence-electron chi connectivity index (χ4n) is 2.57. The maximum atomic E-state index is 4.09. The zero-order valence-electron chi connectivity index (χ0n) is 10.8. The van der Waals surface area contributed by atoms with E-state index in [0.717, 1.165) is 25.7 Å². The lowest BCUT2D eigenvalue weighted by molar-refractivity contribution is 0.160. The molecule has 0 radical (unpaired) electrons. The Balaban J connectivity index is 1.82. The van der Waals surface area contributed by atoms with Gasteiger partial charge in [-0.15, -0.1) is 0 Å². The van der Waals surface area contributed by atoms with Crippen LogP contribution in [-0.2, 0) is 6.54 Å². The van der Waals surface area contributed by atoms with Gasteiger partial charge in [0, 0.05) is 38.1 Å². The van der Waals surface area contributed by atoms with Gasteiger partial charge in [0.05, 0.1) is 6.33 Å². The second-order valence-electron chi connectivity index (χ2n) is 4.84. The molecule has 1 aromatic heterocycles. The summed E-state index contributed by atoms with van der Waals surface area (Å²) in [5.41, 5.74) is 0. The van der Waals surface area contributed by atoms with Crippen molar-refractivity contribution >= 4 is 0 Å². The van der Waals surface area contributed by atoms with E-state index in [1.807, 2.05) is 18.7 Å². The number of nitrogens with zero attached hydrogens (tertiary/aromatic N) is 3. The molecular weight excluding hydrogens is 212 g/mol. The summed E-state index contributed by atoms with van der Waals surface area (Å²) in [5.74, 6) is 0. The molecule has 1 unspecified atom stereocenters. The lowest BCUT2D eigenvalue weighted by Gasteiger charge is -2.34. The summed E-state index contributed by atoms with van der Waals surface area (Å²) >= 11 is 0. The third kappa shape index (κ3) is 3.82. The zero-order valence-corrected chi connectivity index (χ0v) is 10.8. The van der Waals surface area contributed by atoms with Crippen LogP contribution in [0.5, 0.6) is 0 Å². The first-order valence-electron chi connectivity index (χ1n) is 6.80. The van der Waals surface area contributed by atoms with Crippen LogP contribution in [0.25, 0.3) is 0 Å². The van der Waals surface area contributed by atoms with Crippen molar-refractivity contribution in [3.8, 4) is 0 Å². The van der Waals surface area contributed by atoms with Crippen LogP contribution in [0.15, 0.2) is 18.7 Å². The molecule has 4 heteroatoms. The minimum absolute atomic E-state index is 0.729. The SMILES string of the molecule is CCCN(CCn1ccnc1)C1CCCNC1. The van der Waals surface area contributed by atoms with Gasteiger partial charge in [0.2, 0.25) is 0 Å². The highest BCUT2D eigenvalue weighted by atomic mass is 15.2. The van der Waals surface area contributed by atoms with Crippen molar-refractivity contribution in [3.05, 3.63) is 18.7 Å². The first-order valence-corrected chi connectivity index (χ1v) is 6.80. The number of aromatic nitrogens is 2. The molecule has 0 bridgehead atoms. The highest BCUT2D eigenvalue weighted by molar-refractivity contribution is 4.80. The molecular formula is C13H24N4. The Labute approximate surface area is 104 Å². The van der Waals surface area contributed by atoms with E-state index in [9.17, 15) is 0 Å². The van der Waals surface area contributed by atoms with Crippen molar-refractivity contribution < 1.29 is 0 Å². The fraction of sp³-hybridized carbons (Fsp3) is 0.769. The highest BCUT2D eigenvalue weighted by Gasteiger charge is 2.19. The van der Waals surface area contributed by atoms with Crippen LogP contribution in [0.4, 0.5) is 0 Å². The minimum atomic E-state index is 0.729. The van der Waals surface area contributed by atoms with Crippen molar-refractivity contribution in [2.75, 3.05) is 26.2 Å². The molecule has 1 N–H and O–H groups in total. The molecule has 4 nitrogen and oxygen atoms in total. The van der Waals surface area contributed by atoms with E-state index >= 15 is 0 Å². The molecule has 1 atom stereocenters. The van der Waals surface area contributed by atoms with Gasteiger partial charge in [-0.2, -0.15) is 0 Å². The topological polar surface area (TPSA) is 33.1 Å². The van der Waals surface area contributed by atoms with Crippen LogP contribution in [-0.4, -0.2) is 46.7 Å². The van der Waals surface area contributed by atoms with Crippen LogP contribution in [0.1, 0.15) is 26.2 Å². The van der Waals surface area contributed by atoms with Gasteiger partial charge in [-0.25, -0.2) is 4.98 Å². The van der Waals surface area contributed by atoms with Gasteiger partial charge in [0.15, 0.2) is 0 Å². The molecule has 1 aromatic rings. The molecule has 17 heavy (non-hydrogen) atoms. The number of hydrogen-bond donors (Lipinski definition) is 1. The van der Waals surface area contributed by atoms with Gasteiger partial charge in [-0.3, -0.25) is 4.90 Å². The summed E-state index contributed by atoms with van der Waals surface area (Å²) < 4.78 is 2.17. The number of piperidine rings is 1. The molecule has 0 spiro atoms. The van der Waals surface area contributed by atoms with Crippen LogP contribution in [0, 0.1) is 0 Å². The van der Waals surface area contributed by atoms with E-state index < -0.39 is 0 Å². The monoisotopic (exact) mass is 236 g/mol. The third-order valence-electron chi connectivity index (χ3n) is 3.50. The van der Waals surface area contributed by atoms with E-state index in [0.29, 0.717) is 0 Å². The van der Waals surface area contributed by atoms with E-state index in [-0.39, 0.29) is 0 Å². The summed E-state index contributed by atoms with van der Waals surface area (Å²) in [4.78, 5) is 6.72. The van der Waals surface area contributed by atoms with Gasteiger partial charge < -0.3 is 9.88 Å². The lowest BCUT2D eigenvalue weighted by atomic mass is 10.1. The van der Waals surface area contributed by atoms with Gasteiger partial charge in [-0.1, -0.05) is 6.92 Å². The molecule has 0 aliphatic carbocycles. The Kier molecular flexibility index (Phi) is 5.01. The Hall–Kier alpha value is -0.870. The van der Waals surface area contributed by atoms with E-state index in [1.165, 1.54) is 32.4 Å². The Morgan fingerprint density at radius 2 is 2.41 bits per heavy atom. The van der Waals surface area contributed by atoms with E-state index in [1.54, 1.807) is 0 Å². The molecule has 96 valence electrons. The summed E-state index contributed by atoms with van der Waals surface area (Å²) in [7, 11) is 0. The largest absolute Gasteiger partial charge is 0.336 e. The third-order valence-corrected chi connectivity index (χ3v) is 3.50. The number of rotatable bonds is 6. The van der Waals surface area contributed by atoms with Crippen molar-refractivity contribution in [3.63, 3.8) is 0 Å². The van der Waals surface area contributed by atoms with Crippen molar-refractivity contribution in [2.24, 2.45) is 0 Å². The van der Waals surface area contributed by atoms with Gasteiger partial charge >= 0.3 is 0 Å². The molecule has 2 rings (SSSR count). The molecule has 2 heterocycles. The standard InChI is InChI=1S/C13H24N4/c1-2-7-17(13-4-3-5-14-11-13)10-9-16-8-6-15-12-16/h6,8,12-14H,2-5,7,9-11H2,1H3. The smallest absolute Gasteiger partial charge is 0.0946 e. The summed E-state index contributed by atoms with van der Waals surface area (Å²) in [6.45, 7) is 8.01.